The van der Waals surface area contributed by atoms with E-state index in [0.717, 1.165) is 37.8 Å². The third-order valence-corrected chi connectivity index (χ3v) is 9.30. The molecule has 0 spiro atoms. The summed E-state index contributed by atoms with van der Waals surface area (Å²) in [5.74, 6) is -2.22. The summed E-state index contributed by atoms with van der Waals surface area (Å²) in [6.45, 7) is 0. The first-order valence-electron chi connectivity index (χ1n) is 14.1. The molecule has 4 aromatic rings. The number of anilines is 1. The van der Waals surface area contributed by atoms with Crippen molar-refractivity contribution in [1.29, 1.82) is 0 Å². The Bertz CT molecular complexity index is 1750. The highest BCUT2D eigenvalue weighted by molar-refractivity contribution is 7.22. The number of halogens is 4. The van der Waals surface area contributed by atoms with Crippen molar-refractivity contribution in [2.75, 3.05) is 12.0 Å². The molecule has 7 rings (SSSR count). The molecule has 3 fully saturated rings. The second kappa shape index (κ2) is 10.8. The predicted octanol–water partition coefficient (Wildman–Crippen LogP) is 7.01. The Kier molecular flexibility index (Phi) is 6.98. The van der Waals surface area contributed by atoms with E-state index < -0.39 is 36.0 Å². The van der Waals surface area contributed by atoms with Crippen LogP contribution in [0.15, 0.2) is 40.9 Å². The van der Waals surface area contributed by atoms with E-state index in [1.807, 2.05) is 0 Å². The Morgan fingerprint density at radius 2 is 1.77 bits per heavy atom. The molecule has 0 amide bonds. The molecule has 3 atom stereocenters. The molecule has 3 aliphatic rings. The Labute approximate surface area is 251 Å². The number of hydrogen-bond acceptors (Lipinski definition) is 10. The maximum Gasteiger partial charge on any atom is 0.573 e. The van der Waals surface area contributed by atoms with Crippen LogP contribution in [0.4, 0.5) is 22.7 Å². The van der Waals surface area contributed by atoms with Crippen LogP contribution in [-0.2, 0) is 9.47 Å². The predicted molar refractivity (Wildman–Crippen MR) is 149 cm³/mol. The lowest BCUT2D eigenvalue weighted by Gasteiger charge is -2.38. The molecule has 14 heteroatoms. The van der Waals surface area contributed by atoms with Gasteiger partial charge >= 0.3 is 18.3 Å². The summed E-state index contributed by atoms with van der Waals surface area (Å²) < 4.78 is 75.1. The standard InChI is InChI=1S/C30H25F4N3O6S/c1-40-27(38)15-10-20(31)25-22(11-15)44-29(35-25)37-16-8-9-17(37)13-18(12-16)41-28(39)23-24(36-43-26(23)14-6-7-14)19-4-2-3-5-21(19)42-30(32,33)34/h2-5,10-11,14,16-18H,6-9,12-13H2,1H3/t16-,17+,18-. The Morgan fingerprint density at radius 1 is 1.05 bits per heavy atom. The minimum atomic E-state index is -4.94. The van der Waals surface area contributed by atoms with E-state index in [4.69, 9.17) is 14.0 Å². The Morgan fingerprint density at radius 3 is 2.45 bits per heavy atom. The van der Waals surface area contributed by atoms with E-state index in [0.29, 0.717) is 28.4 Å². The summed E-state index contributed by atoms with van der Waals surface area (Å²) in [4.78, 5) is 32.3. The fourth-order valence-electron chi connectivity index (χ4n) is 6.25. The topological polar surface area (TPSA) is 104 Å². The van der Waals surface area contributed by atoms with Crippen molar-refractivity contribution in [1.82, 2.24) is 10.1 Å². The second-order valence-corrected chi connectivity index (χ2v) is 12.2. The number of carbonyl (C=O) groups excluding carboxylic acids is 2. The molecule has 0 radical (unpaired) electrons. The van der Waals surface area contributed by atoms with Gasteiger partial charge in [-0.3, -0.25) is 0 Å². The molecule has 1 saturated carbocycles. The largest absolute Gasteiger partial charge is 0.573 e. The van der Waals surface area contributed by atoms with Gasteiger partial charge in [0.2, 0.25) is 0 Å². The van der Waals surface area contributed by atoms with Gasteiger partial charge in [0.05, 0.1) is 17.4 Å². The van der Waals surface area contributed by atoms with Gasteiger partial charge in [-0.15, -0.1) is 13.2 Å². The number of piperidine rings is 1. The van der Waals surface area contributed by atoms with E-state index >= 15 is 0 Å². The van der Waals surface area contributed by atoms with Gasteiger partial charge in [0.25, 0.3) is 0 Å². The van der Waals surface area contributed by atoms with Crippen molar-refractivity contribution in [3.05, 3.63) is 59.1 Å². The molecule has 4 heterocycles. The number of fused-ring (bicyclic) bond motifs is 3. The molecular weight excluding hydrogens is 606 g/mol. The van der Waals surface area contributed by atoms with Gasteiger partial charge in [0, 0.05) is 36.4 Å². The number of thiazole rings is 1. The van der Waals surface area contributed by atoms with Crippen molar-refractivity contribution in [3.63, 3.8) is 0 Å². The summed E-state index contributed by atoms with van der Waals surface area (Å²) in [6, 6.07) is 8.08. The molecule has 0 N–H and O–H groups in total. The highest BCUT2D eigenvalue weighted by Crippen LogP contribution is 2.47. The van der Waals surface area contributed by atoms with Gasteiger partial charge in [-0.2, -0.15) is 0 Å². The fraction of sp³-hybridized carbons (Fsp3) is 0.400. The van der Waals surface area contributed by atoms with Gasteiger partial charge in [0.1, 0.15) is 28.6 Å². The first-order chi connectivity index (χ1) is 21.1. The number of benzene rings is 2. The highest BCUT2D eigenvalue weighted by Gasteiger charge is 2.45. The molecule has 0 unspecified atom stereocenters. The van der Waals surface area contributed by atoms with E-state index in [-0.39, 0.29) is 45.9 Å². The number of alkyl halides is 3. The number of nitrogens with zero attached hydrogens (tertiary/aromatic N) is 3. The average Bonchev–Trinajstić information content (AvgIpc) is 3.47. The summed E-state index contributed by atoms with van der Waals surface area (Å²) >= 11 is 1.28. The summed E-state index contributed by atoms with van der Waals surface area (Å²) in [5.41, 5.74) is 0.213. The quantitative estimate of drug-likeness (QED) is 0.157. The van der Waals surface area contributed by atoms with Crippen LogP contribution >= 0.6 is 11.3 Å². The minimum Gasteiger partial charge on any atom is -0.465 e. The molecule has 44 heavy (non-hydrogen) atoms. The summed E-state index contributed by atoms with van der Waals surface area (Å²) in [6.07, 6.45) is -1.26. The third-order valence-electron chi connectivity index (χ3n) is 8.28. The van der Waals surface area contributed by atoms with Gasteiger partial charge in [-0.05, 0) is 49.9 Å². The van der Waals surface area contributed by atoms with E-state index in [1.165, 1.54) is 36.6 Å². The van der Waals surface area contributed by atoms with Crippen LogP contribution in [0.5, 0.6) is 5.75 Å². The normalized spacial score (nSPS) is 21.5. The number of hydrogen-bond donors (Lipinski definition) is 0. The minimum absolute atomic E-state index is 0.0172. The fourth-order valence-corrected chi connectivity index (χ4v) is 7.42. The molecule has 230 valence electrons. The maximum absolute atomic E-state index is 14.8. The van der Waals surface area contributed by atoms with Crippen LogP contribution in [0, 0.1) is 5.82 Å². The first-order valence-corrected chi connectivity index (χ1v) is 14.9. The molecule has 2 saturated heterocycles. The van der Waals surface area contributed by atoms with Crippen LogP contribution in [-0.4, -0.2) is 53.7 Å². The number of aromatic nitrogens is 2. The number of carbonyl (C=O) groups is 2. The average molecular weight is 632 g/mol. The van der Waals surface area contributed by atoms with Crippen LogP contribution in [0.3, 0.4) is 0 Å². The van der Waals surface area contributed by atoms with Crippen molar-refractivity contribution in [2.45, 2.75) is 69.0 Å². The van der Waals surface area contributed by atoms with Crippen molar-refractivity contribution < 1.29 is 45.9 Å². The van der Waals surface area contributed by atoms with E-state index in [1.54, 1.807) is 6.07 Å². The van der Waals surface area contributed by atoms with Crippen LogP contribution in [0.25, 0.3) is 21.5 Å². The number of rotatable bonds is 7. The van der Waals surface area contributed by atoms with Crippen LogP contribution < -0.4 is 9.64 Å². The van der Waals surface area contributed by atoms with Crippen molar-refractivity contribution in [3.8, 4) is 17.0 Å². The van der Waals surface area contributed by atoms with Gasteiger partial charge in [-0.25, -0.2) is 19.0 Å². The molecular formula is C30H25F4N3O6S. The van der Waals surface area contributed by atoms with Gasteiger partial charge < -0.3 is 23.6 Å². The zero-order valence-corrected chi connectivity index (χ0v) is 24.0. The van der Waals surface area contributed by atoms with Crippen molar-refractivity contribution >= 4 is 38.6 Å². The molecule has 1 aliphatic carbocycles. The van der Waals surface area contributed by atoms with Gasteiger partial charge in [-0.1, -0.05) is 28.6 Å². The van der Waals surface area contributed by atoms with Gasteiger partial charge in [0.15, 0.2) is 16.7 Å². The summed E-state index contributed by atoms with van der Waals surface area (Å²) in [5, 5.41) is 4.62. The molecule has 9 nitrogen and oxygen atoms in total. The van der Waals surface area contributed by atoms with Crippen LogP contribution in [0.1, 0.15) is 70.9 Å². The zero-order chi connectivity index (χ0) is 30.7. The van der Waals surface area contributed by atoms with Crippen molar-refractivity contribution in [2.24, 2.45) is 0 Å². The lowest BCUT2D eigenvalue weighted by Crippen LogP contribution is -2.46. The Hall–Kier alpha value is -4.20. The second-order valence-electron chi connectivity index (χ2n) is 11.2. The van der Waals surface area contributed by atoms with E-state index in [9.17, 15) is 27.2 Å². The molecule has 2 aromatic heterocycles. The SMILES string of the molecule is COC(=O)c1cc(F)c2nc(N3[C@@H]4CC[C@H]3C[C@H](OC(=O)c3c(-c5ccccc5OC(F)(F)F)noc3C3CC3)C4)sc2c1. The Balaban J connectivity index is 1.13. The molecule has 2 bridgehead atoms. The number of ether oxygens (including phenoxy) is 3. The zero-order valence-electron chi connectivity index (χ0n) is 23.2. The smallest absolute Gasteiger partial charge is 0.465 e. The molecule has 2 aromatic carbocycles. The number of para-hydroxylation sites is 1. The number of methoxy groups -OCH3 is 1. The monoisotopic (exact) mass is 631 g/mol. The molecule has 2 aliphatic heterocycles. The lowest BCUT2D eigenvalue weighted by molar-refractivity contribution is -0.274. The third kappa shape index (κ3) is 5.24. The lowest BCUT2D eigenvalue weighted by atomic mass is 9.99. The van der Waals surface area contributed by atoms with Crippen LogP contribution in [0.2, 0.25) is 0 Å². The number of esters is 2. The first kappa shape index (κ1) is 28.6. The highest BCUT2D eigenvalue weighted by atomic mass is 32.1. The van der Waals surface area contributed by atoms with E-state index in [2.05, 4.69) is 19.8 Å². The maximum atomic E-state index is 14.8. The summed E-state index contributed by atoms with van der Waals surface area (Å²) in [7, 11) is 1.23.